The average Bonchev–Trinajstić information content (AvgIpc) is 2.75. The van der Waals surface area contributed by atoms with E-state index in [1.807, 2.05) is 10.6 Å². The number of nitrogens with zero attached hydrogens (tertiary/aromatic N) is 3. The van der Waals surface area contributed by atoms with E-state index in [4.69, 9.17) is 5.73 Å². The van der Waals surface area contributed by atoms with Gasteiger partial charge in [-0.05, 0) is 40.0 Å². The van der Waals surface area contributed by atoms with Crippen molar-refractivity contribution in [2.75, 3.05) is 0 Å². The molecular weight excluding hydrogens is 311 g/mol. The smallest absolute Gasteiger partial charge is 0.164 e. The van der Waals surface area contributed by atoms with Crippen LogP contribution in [0, 0.1) is 11.7 Å². The predicted octanol–water partition coefficient (Wildman–Crippen LogP) is 2.96. The summed E-state index contributed by atoms with van der Waals surface area (Å²) in [6, 6.07) is 4.93. The Hall–Kier alpha value is -1.27. The van der Waals surface area contributed by atoms with E-state index in [0.717, 1.165) is 6.54 Å². The molecule has 2 aromatic rings. The van der Waals surface area contributed by atoms with Crippen molar-refractivity contribution in [1.82, 2.24) is 14.8 Å². The highest BCUT2D eigenvalue weighted by Crippen LogP contribution is 2.24. The lowest BCUT2D eigenvalue weighted by Crippen LogP contribution is -2.13. The lowest BCUT2D eigenvalue weighted by molar-refractivity contribution is 0.510. The molecule has 0 bridgehead atoms. The molecule has 2 rings (SSSR count). The Kier molecular flexibility index (Phi) is 4.31. The van der Waals surface area contributed by atoms with Crippen molar-refractivity contribution in [2.24, 2.45) is 11.7 Å². The van der Waals surface area contributed by atoms with E-state index >= 15 is 0 Å². The highest BCUT2D eigenvalue weighted by molar-refractivity contribution is 9.10. The fourth-order valence-electron chi connectivity index (χ4n) is 1.89. The zero-order chi connectivity index (χ0) is 14.0. The van der Waals surface area contributed by atoms with Crippen molar-refractivity contribution in [3.63, 3.8) is 0 Å². The second kappa shape index (κ2) is 5.79. The molecule has 0 unspecified atom stereocenters. The minimum Gasteiger partial charge on any atom is -0.324 e. The molecule has 1 aromatic heterocycles. The fraction of sp³-hybridized carbons (Fsp3) is 0.385. The van der Waals surface area contributed by atoms with E-state index in [2.05, 4.69) is 40.0 Å². The molecule has 0 saturated carbocycles. The maximum absolute atomic E-state index is 13.6. The van der Waals surface area contributed by atoms with Gasteiger partial charge in [0.25, 0.3) is 0 Å². The predicted molar refractivity (Wildman–Crippen MR) is 75.8 cm³/mol. The first-order chi connectivity index (χ1) is 9.02. The molecule has 4 nitrogen and oxygen atoms in total. The summed E-state index contributed by atoms with van der Waals surface area (Å²) in [5.74, 6) is 1.49. The van der Waals surface area contributed by atoms with E-state index in [1.165, 1.54) is 6.07 Å². The number of aromatic nitrogens is 3. The first-order valence-corrected chi connectivity index (χ1v) is 6.89. The Bertz CT molecular complexity index is 580. The first kappa shape index (κ1) is 14.1. The minimum atomic E-state index is -0.314. The van der Waals surface area contributed by atoms with Crippen molar-refractivity contribution in [3.05, 3.63) is 34.3 Å². The largest absolute Gasteiger partial charge is 0.324 e. The molecule has 0 saturated heterocycles. The summed E-state index contributed by atoms with van der Waals surface area (Å²) in [4.78, 5) is 0. The fourth-order valence-corrected chi connectivity index (χ4v) is 2.14. The Balaban J connectivity index is 2.48. The summed E-state index contributed by atoms with van der Waals surface area (Å²) in [6.07, 6.45) is 0. The molecule has 0 amide bonds. The third-order valence-corrected chi connectivity index (χ3v) is 3.38. The summed E-state index contributed by atoms with van der Waals surface area (Å²) in [5.41, 5.74) is 6.37. The topological polar surface area (TPSA) is 56.7 Å². The molecule has 0 aliphatic carbocycles. The van der Waals surface area contributed by atoms with Crippen LogP contribution in [0.5, 0.6) is 0 Å². The van der Waals surface area contributed by atoms with Crippen LogP contribution in [0.2, 0.25) is 0 Å². The third kappa shape index (κ3) is 3.01. The van der Waals surface area contributed by atoms with E-state index in [9.17, 15) is 4.39 Å². The van der Waals surface area contributed by atoms with Gasteiger partial charge < -0.3 is 10.3 Å². The molecule has 1 heterocycles. The lowest BCUT2D eigenvalue weighted by atomic mass is 10.2. The molecule has 0 aliphatic heterocycles. The Morgan fingerprint density at radius 3 is 2.68 bits per heavy atom. The molecule has 102 valence electrons. The molecule has 0 atom stereocenters. The van der Waals surface area contributed by atoms with E-state index in [-0.39, 0.29) is 5.82 Å². The quantitative estimate of drug-likeness (QED) is 0.939. The maximum atomic E-state index is 13.6. The molecule has 2 N–H and O–H groups in total. The average molecular weight is 327 g/mol. The molecule has 0 radical (unpaired) electrons. The lowest BCUT2D eigenvalue weighted by Gasteiger charge is -2.12. The van der Waals surface area contributed by atoms with E-state index < -0.39 is 0 Å². The van der Waals surface area contributed by atoms with Crippen molar-refractivity contribution < 1.29 is 4.39 Å². The minimum absolute atomic E-state index is 0.314. The van der Waals surface area contributed by atoms with Crippen molar-refractivity contribution in [1.29, 1.82) is 0 Å². The second-order valence-electron chi connectivity index (χ2n) is 4.78. The number of halogens is 2. The van der Waals surface area contributed by atoms with Crippen molar-refractivity contribution in [2.45, 2.75) is 26.9 Å². The summed E-state index contributed by atoms with van der Waals surface area (Å²) < 4.78 is 16.0. The van der Waals surface area contributed by atoms with Crippen molar-refractivity contribution in [3.8, 4) is 11.4 Å². The van der Waals surface area contributed by atoms with Gasteiger partial charge in [-0.1, -0.05) is 13.8 Å². The monoisotopic (exact) mass is 326 g/mol. The van der Waals surface area contributed by atoms with Gasteiger partial charge in [0, 0.05) is 12.1 Å². The van der Waals surface area contributed by atoms with Gasteiger partial charge in [0.1, 0.15) is 11.6 Å². The van der Waals surface area contributed by atoms with Gasteiger partial charge in [-0.25, -0.2) is 4.39 Å². The van der Waals surface area contributed by atoms with E-state index in [1.54, 1.807) is 6.07 Å². The van der Waals surface area contributed by atoms with Gasteiger partial charge in [0.15, 0.2) is 5.82 Å². The first-order valence-electron chi connectivity index (χ1n) is 6.10. The van der Waals surface area contributed by atoms with Crippen LogP contribution in [-0.4, -0.2) is 14.8 Å². The summed E-state index contributed by atoms with van der Waals surface area (Å²) in [5, 5.41) is 8.20. The Morgan fingerprint density at radius 1 is 1.37 bits per heavy atom. The van der Waals surface area contributed by atoms with E-state index in [0.29, 0.717) is 34.1 Å². The summed E-state index contributed by atoms with van der Waals surface area (Å²) in [6.45, 7) is 5.28. The molecule has 1 aromatic carbocycles. The maximum Gasteiger partial charge on any atom is 0.164 e. The van der Waals surface area contributed by atoms with Gasteiger partial charge in [0.05, 0.1) is 11.0 Å². The van der Waals surface area contributed by atoms with Crippen LogP contribution in [0.15, 0.2) is 22.7 Å². The molecular formula is C13H16BrFN4. The zero-order valence-corrected chi connectivity index (χ0v) is 12.5. The molecule has 6 heteroatoms. The molecule has 0 aliphatic rings. The molecule has 0 fully saturated rings. The number of hydrogen-bond acceptors (Lipinski definition) is 3. The Morgan fingerprint density at radius 2 is 2.11 bits per heavy atom. The summed E-state index contributed by atoms with van der Waals surface area (Å²) in [7, 11) is 0. The van der Waals surface area contributed by atoms with Gasteiger partial charge in [0.2, 0.25) is 0 Å². The highest BCUT2D eigenvalue weighted by atomic mass is 79.9. The zero-order valence-electron chi connectivity index (χ0n) is 10.9. The summed E-state index contributed by atoms with van der Waals surface area (Å²) >= 11 is 3.14. The van der Waals surface area contributed by atoms with Crippen LogP contribution < -0.4 is 5.73 Å². The van der Waals surface area contributed by atoms with Crippen LogP contribution in [0.3, 0.4) is 0 Å². The van der Waals surface area contributed by atoms with Crippen LogP contribution in [0.1, 0.15) is 19.7 Å². The van der Waals surface area contributed by atoms with Crippen LogP contribution in [0.25, 0.3) is 11.4 Å². The molecule has 0 spiro atoms. The van der Waals surface area contributed by atoms with Crippen LogP contribution in [0.4, 0.5) is 4.39 Å². The molecule has 19 heavy (non-hydrogen) atoms. The van der Waals surface area contributed by atoms with Crippen molar-refractivity contribution >= 4 is 15.9 Å². The third-order valence-electron chi connectivity index (χ3n) is 2.74. The Labute approximate surface area is 120 Å². The number of rotatable bonds is 4. The normalized spacial score (nSPS) is 11.3. The van der Waals surface area contributed by atoms with Gasteiger partial charge in [-0.2, -0.15) is 0 Å². The van der Waals surface area contributed by atoms with Crippen LogP contribution >= 0.6 is 15.9 Å². The van der Waals surface area contributed by atoms with Gasteiger partial charge in [-0.15, -0.1) is 10.2 Å². The van der Waals surface area contributed by atoms with Gasteiger partial charge >= 0.3 is 0 Å². The number of nitrogens with two attached hydrogens (primary N) is 1. The van der Waals surface area contributed by atoms with Crippen LogP contribution in [-0.2, 0) is 13.1 Å². The standard InChI is InChI=1S/C13H16BrFN4/c1-8(2)7-19-12(6-16)17-18-13(19)9-3-4-10(14)11(15)5-9/h3-5,8H,6-7,16H2,1-2H3. The SMILES string of the molecule is CC(C)Cn1c(CN)nnc1-c1ccc(Br)c(F)c1. The second-order valence-corrected chi connectivity index (χ2v) is 5.63. The number of benzene rings is 1. The number of hydrogen-bond donors (Lipinski definition) is 1. The highest BCUT2D eigenvalue weighted by Gasteiger charge is 2.15. The van der Waals surface area contributed by atoms with Gasteiger partial charge in [-0.3, -0.25) is 0 Å².